The van der Waals surface area contributed by atoms with E-state index >= 15 is 0 Å². The molecule has 0 unspecified atom stereocenters. The Morgan fingerprint density at radius 3 is 2.21 bits per heavy atom. The Morgan fingerprint density at radius 1 is 1.32 bits per heavy atom. The molecule has 0 aliphatic rings. The zero-order chi connectivity index (χ0) is 15.1. The molecule has 1 rings (SSSR count). The van der Waals surface area contributed by atoms with Gasteiger partial charge in [0.2, 0.25) is 0 Å². The van der Waals surface area contributed by atoms with E-state index in [4.69, 9.17) is 8.42 Å². The van der Waals surface area contributed by atoms with Gasteiger partial charge in [-0.05, 0) is 6.07 Å². The molecule has 0 aliphatic carbocycles. The molecule has 0 fully saturated rings. The summed E-state index contributed by atoms with van der Waals surface area (Å²) >= 11 is 0. The minimum Gasteiger partial charge on any atom is -0.371 e. The van der Waals surface area contributed by atoms with Crippen LogP contribution in [-0.4, -0.2) is 26.1 Å². The molecule has 0 bridgehead atoms. The van der Waals surface area contributed by atoms with E-state index in [-0.39, 0.29) is 11.4 Å². The first-order valence-electron chi connectivity index (χ1n) is 4.56. The second-order valence-corrected chi connectivity index (χ2v) is 3.60. The van der Waals surface area contributed by atoms with Gasteiger partial charge in [-0.1, -0.05) is 12.1 Å². The molecule has 1 aromatic carbocycles. The number of anilines is 1. The molecule has 0 amide bonds. The van der Waals surface area contributed by atoms with Gasteiger partial charge in [0.25, 0.3) is 5.69 Å². The zero-order valence-corrected chi connectivity index (χ0v) is 10.1. The number of benzene rings is 1. The maximum Gasteiger partial charge on any atom is 0.405 e. The summed E-state index contributed by atoms with van der Waals surface area (Å²) in [4.78, 5) is 9.69. The highest BCUT2D eigenvalue weighted by Gasteiger charge is 2.27. The number of nitro groups is 1. The molecule has 0 saturated carbocycles. The van der Waals surface area contributed by atoms with Crippen molar-refractivity contribution in [3.63, 3.8) is 0 Å². The number of thiol groups is 1. The van der Waals surface area contributed by atoms with E-state index in [2.05, 4.69) is 5.14 Å². The van der Waals surface area contributed by atoms with Gasteiger partial charge in [-0.15, -0.1) is 0 Å². The van der Waals surface area contributed by atoms with Gasteiger partial charge < -0.3 is 5.32 Å². The highest BCUT2D eigenvalue weighted by atomic mass is 32.2. The minimum absolute atomic E-state index is 0.139. The van der Waals surface area contributed by atoms with Crippen LogP contribution in [0.4, 0.5) is 24.5 Å². The van der Waals surface area contributed by atoms with Gasteiger partial charge in [-0.3, -0.25) is 10.1 Å². The molecule has 0 saturated heterocycles. The molecule has 0 radical (unpaired) electrons. The summed E-state index contributed by atoms with van der Waals surface area (Å²) in [6.07, 6.45) is -4.40. The number of nitrogens with two attached hydrogens (primary N) is 1. The van der Waals surface area contributed by atoms with E-state index in [1.165, 1.54) is 18.2 Å². The monoisotopic (exact) mass is 301 g/mol. The summed E-state index contributed by atoms with van der Waals surface area (Å²) in [5.74, 6) is 0. The number of hydrogen-bond acceptors (Lipinski definition) is 5. The first-order chi connectivity index (χ1) is 8.63. The van der Waals surface area contributed by atoms with Crippen LogP contribution in [0, 0.1) is 10.1 Å². The number of halogens is 3. The van der Waals surface area contributed by atoms with Gasteiger partial charge in [0, 0.05) is 6.07 Å². The Hall–Kier alpha value is -1.88. The fraction of sp³-hybridized carbons (Fsp3) is 0.250. The Balaban J connectivity index is 0.000000711. The van der Waals surface area contributed by atoms with Crippen LogP contribution in [0.25, 0.3) is 0 Å². The molecule has 7 nitrogen and oxygen atoms in total. The van der Waals surface area contributed by atoms with Gasteiger partial charge in [0.15, 0.2) is 10.9 Å². The minimum atomic E-state index is -4.40. The summed E-state index contributed by atoms with van der Waals surface area (Å²) < 4.78 is 53.2. The van der Waals surface area contributed by atoms with E-state index in [9.17, 15) is 23.3 Å². The summed E-state index contributed by atoms with van der Waals surface area (Å²) in [7, 11) is -2.62. The maximum absolute atomic E-state index is 11.8. The lowest BCUT2D eigenvalue weighted by atomic mass is 10.2. The van der Waals surface area contributed by atoms with Crippen molar-refractivity contribution >= 4 is 22.3 Å². The Bertz CT molecular complexity index is 496. The van der Waals surface area contributed by atoms with Crippen molar-refractivity contribution in [3.8, 4) is 0 Å². The number of rotatable bonds is 3. The Labute approximate surface area is 107 Å². The lowest BCUT2D eigenvalue weighted by molar-refractivity contribution is -0.384. The molecule has 108 valence electrons. The smallest absolute Gasteiger partial charge is 0.371 e. The SMILES string of the molecule is N[SH](=O)=O.O=[N+]([O-])c1ccccc1NCC(F)(F)F. The molecule has 1 aromatic rings. The van der Waals surface area contributed by atoms with Crippen molar-refractivity contribution in [2.45, 2.75) is 6.18 Å². The normalized spacial score (nSPS) is 10.6. The maximum atomic E-state index is 11.8. The topological polar surface area (TPSA) is 115 Å². The van der Waals surface area contributed by atoms with Gasteiger partial charge in [0.05, 0.1) is 4.92 Å². The third kappa shape index (κ3) is 8.79. The summed E-state index contributed by atoms with van der Waals surface area (Å²) in [6.45, 7) is -1.29. The van der Waals surface area contributed by atoms with Crippen LogP contribution < -0.4 is 10.5 Å². The molecule has 0 aromatic heterocycles. The molecule has 0 spiro atoms. The lowest BCUT2D eigenvalue weighted by Gasteiger charge is -2.09. The molecule has 0 heterocycles. The van der Waals surface area contributed by atoms with Crippen LogP contribution in [0.5, 0.6) is 0 Å². The number of para-hydroxylation sites is 2. The standard InChI is InChI=1S/C8H7F3N2O2.H3NO2S/c9-8(10,11)5-12-6-3-1-2-4-7(6)13(14)15;1-4(2)3/h1-4,12H,5H2;4H,(H2,1,2,3). The first-order valence-corrected chi connectivity index (χ1v) is 5.81. The first kappa shape index (κ1) is 17.1. The van der Waals surface area contributed by atoms with Crippen molar-refractivity contribution in [2.24, 2.45) is 5.14 Å². The van der Waals surface area contributed by atoms with Crippen LogP contribution in [0.2, 0.25) is 0 Å². The second kappa shape index (κ2) is 7.53. The molecular weight excluding hydrogens is 291 g/mol. The third-order valence-electron chi connectivity index (χ3n) is 1.58. The van der Waals surface area contributed by atoms with E-state index in [0.717, 1.165) is 6.07 Å². The number of nitrogens with one attached hydrogen (secondary N) is 1. The van der Waals surface area contributed by atoms with Gasteiger partial charge >= 0.3 is 6.18 Å². The van der Waals surface area contributed by atoms with Gasteiger partial charge in [-0.25, -0.2) is 13.6 Å². The second-order valence-electron chi connectivity index (χ2n) is 3.03. The summed E-state index contributed by atoms with van der Waals surface area (Å²) in [5.41, 5.74) is -0.512. The fourth-order valence-electron chi connectivity index (χ4n) is 0.978. The van der Waals surface area contributed by atoms with Crippen LogP contribution in [-0.2, 0) is 10.9 Å². The Morgan fingerprint density at radius 2 is 1.79 bits per heavy atom. The molecule has 3 N–H and O–H groups in total. The van der Waals surface area contributed by atoms with Gasteiger partial charge in [-0.2, -0.15) is 13.2 Å². The quantitative estimate of drug-likeness (QED) is 0.438. The van der Waals surface area contributed by atoms with E-state index in [0.29, 0.717) is 0 Å². The predicted molar refractivity (Wildman–Crippen MR) is 62.1 cm³/mol. The third-order valence-corrected chi connectivity index (χ3v) is 1.58. The van der Waals surface area contributed by atoms with Crippen molar-refractivity contribution in [3.05, 3.63) is 34.4 Å². The summed E-state index contributed by atoms with van der Waals surface area (Å²) in [5, 5.41) is 16.5. The van der Waals surface area contributed by atoms with Crippen molar-refractivity contribution in [2.75, 3.05) is 11.9 Å². The van der Waals surface area contributed by atoms with E-state index < -0.39 is 28.5 Å². The molecule has 0 atom stereocenters. The van der Waals surface area contributed by atoms with E-state index in [1.807, 2.05) is 5.32 Å². The highest BCUT2D eigenvalue weighted by Crippen LogP contribution is 2.24. The summed E-state index contributed by atoms with van der Waals surface area (Å²) in [6, 6.07) is 5.17. The predicted octanol–water partition coefficient (Wildman–Crippen LogP) is 1.04. The van der Waals surface area contributed by atoms with Crippen LogP contribution in [0.3, 0.4) is 0 Å². The van der Waals surface area contributed by atoms with Crippen molar-refractivity contribution in [1.29, 1.82) is 0 Å². The van der Waals surface area contributed by atoms with Gasteiger partial charge in [0.1, 0.15) is 12.2 Å². The number of hydrogen-bond donors (Lipinski definition) is 3. The molecule has 0 aliphatic heterocycles. The molecule has 19 heavy (non-hydrogen) atoms. The zero-order valence-electron chi connectivity index (χ0n) is 9.26. The van der Waals surface area contributed by atoms with Crippen LogP contribution >= 0.6 is 0 Å². The lowest BCUT2D eigenvalue weighted by Crippen LogP contribution is -2.21. The number of alkyl halides is 3. The highest BCUT2D eigenvalue weighted by molar-refractivity contribution is 7.69. The molecule has 11 heteroatoms. The average Bonchev–Trinajstić information content (AvgIpc) is 2.25. The average molecular weight is 301 g/mol. The molecular formula is C8H10F3N3O4S. The largest absolute Gasteiger partial charge is 0.405 e. The van der Waals surface area contributed by atoms with E-state index in [1.54, 1.807) is 0 Å². The van der Waals surface area contributed by atoms with Crippen molar-refractivity contribution in [1.82, 2.24) is 0 Å². The Kier molecular flexibility index (Phi) is 6.79. The van der Waals surface area contributed by atoms with Crippen molar-refractivity contribution < 1.29 is 26.5 Å². The fourth-order valence-corrected chi connectivity index (χ4v) is 0.978. The van der Waals surface area contributed by atoms with Crippen LogP contribution in [0.1, 0.15) is 0 Å². The number of nitrogens with zero attached hydrogens (tertiary/aromatic N) is 1. The number of nitro benzene ring substituents is 1. The van der Waals surface area contributed by atoms with Crippen LogP contribution in [0.15, 0.2) is 24.3 Å².